The molecule has 88 valence electrons. The smallest absolute Gasteiger partial charge is 0.248 e. The average molecular weight is 262 g/mol. The largest absolute Gasteiger partial charge is 0.375 e. The van der Waals surface area contributed by atoms with Crippen molar-refractivity contribution in [2.75, 3.05) is 20.8 Å². The van der Waals surface area contributed by atoms with Crippen molar-refractivity contribution >= 4 is 29.1 Å². The van der Waals surface area contributed by atoms with Crippen molar-refractivity contribution in [2.45, 2.75) is 6.54 Å². The fourth-order valence-corrected chi connectivity index (χ4v) is 1.70. The van der Waals surface area contributed by atoms with Crippen molar-refractivity contribution in [3.05, 3.63) is 33.8 Å². The number of methoxy groups -OCH3 is 1. The summed E-state index contributed by atoms with van der Waals surface area (Å²) in [7, 11) is 3.19. The lowest BCUT2D eigenvalue weighted by atomic mass is 10.2. The Bertz CT molecular complexity index is 382. The molecule has 0 bridgehead atoms. The predicted molar refractivity (Wildman–Crippen MR) is 64.8 cm³/mol. The van der Waals surface area contributed by atoms with E-state index in [4.69, 9.17) is 27.9 Å². The summed E-state index contributed by atoms with van der Waals surface area (Å²) in [4.78, 5) is 13.0. The van der Waals surface area contributed by atoms with E-state index >= 15 is 0 Å². The van der Waals surface area contributed by atoms with Crippen LogP contribution in [-0.4, -0.2) is 31.6 Å². The lowest BCUT2D eigenvalue weighted by molar-refractivity contribution is -0.134. The van der Waals surface area contributed by atoms with Gasteiger partial charge in [0.25, 0.3) is 0 Å². The molecule has 0 aromatic heterocycles. The Balaban J connectivity index is 2.69. The van der Waals surface area contributed by atoms with Gasteiger partial charge in [-0.05, 0) is 17.7 Å². The molecule has 0 aliphatic heterocycles. The summed E-state index contributed by atoms with van der Waals surface area (Å²) in [6.45, 7) is 0.514. The van der Waals surface area contributed by atoms with E-state index in [1.807, 2.05) is 0 Å². The maximum Gasteiger partial charge on any atom is 0.248 e. The maximum atomic E-state index is 11.5. The Morgan fingerprint density at radius 1 is 1.44 bits per heavy atom. The van der Waals surface area contributed by atoms with Gasteiger partial charge in [0, 0.05) is 30.7 Å². The van der Waals surface area contributed by atoms with Gasteiger partial charge >= 0.3 is 0 Å². The number of hydrogen-bond acceptors (Lipinski definition) is 2. The van der Waals surface area contributed by atoms with Crippen molar-refractivity contribution < 1.29 is 9.53 Å². The Labute approximate surface area is 105 Å². The molecule has 0 aliphatic carbocycles. The number of benzene rings is 1. The topological polar surface area (TPSA) is 29.5 Å². The SMILES string of the molecule is COCC(=O)N(C)Cc1ccc(Cl)cc1Cl. The maximum absolute atomic E-state index is 11.5. The van der Waals surface area contributed by atoms with E-state index in [-0.39, 0.29) is 12.5 Å². The van der Waals surface area contributed by atoms with Crippen molar-refractivity contribution in [2.24, 2.45) is 0 Å². The molecule has 0 aliphatic rings. The first kappa shape index (κ1) is 13.3. The molecule has 0 saturated carbocycles. The van der Waals surface area contributed by atoms with E-state index in [9.17, 15) is 4.79 Å². The lowest BCUT2D eigenvalue weighted by Gasteiger charge is -2.17. The quantitative estimate of drug-likeness (QED) is 0.834. The highest BCUT2D eigenvalue weighted by Gasteiger charge is 2.10. The summed E-state index contributed by atoms with van der Waals surface area (Å²) >= 11 is 11.8. The summed E-state index contributed by atoms with van der Waals surface area (Å²) < 4.78 is 4.77. The monoisotopic (exact) mass is 261 g/mol. The summed E-state index contributed by atoms with van der Waals surface area (Å²) in [5.41, 5.74) is 0.859. The van der Waals surface area contributed by atoms with E-state index in [1.54, 1.807) is 30.1 Å². The molecule has 1 aromatic carbocycles. The molecule has 3 nitrogen and oxygen atoms in total. The van der Waals surface area contributed by atoms with Gasteiger partial charge in [0.1, 0.15) is 6.61 Å². The number of carbonyl (C=O) groups is 1. The summed E-state index contributed by atoms with van der Waals surface area (Å²) in [5, 5.41) is 1.14. The molecule has 0 heterocycles. The van der Waals surface area contributed by atoms with Crippen LogP contribution in [0.25, 0.3) is 0 Å². The van der Waals surface area contributed by atoms with Crippen molar-refractivity contribution in [3.8, 4) is 0 Å². The Morgan fingerprint density at radius 3 is 2.69 bits per heavy atom. The van der Waals surface area contributed by atoms with Crippen LogP contribution in [0.1, 0.15) is 5.56 Å². The molecule has 0 fully saturated rings. The zero-order valence-electron chi connectivity index (χ0n) is 9.17. The van der Waals surface area contributed by atoms with Crippen LogP contribution in [0.15, 0.2) is 18.2 Å². The third-order valence-electron chi connectivity index (χ3n) is 2.12. The normalized spacial score (nSPS) is 10.2. The van der Waals surface area contributed by atoms with Crippen LogP contribution in [0.5, 0.6) is 0 Å². The van der Waals surface area contributed by atoms with Gasteiger partial charge in [0.15, 0.2) is 0 Å². The van der Waals surface area contributed by atoms with Crippen LogP contribution < -0.4 is 0 Å². The van der Waals surface area contributed by atoms with Gasteiger partial charge in [-0.3, -0.25) is 4.79 Å². The molecule has 1 rings (SSSR count). The number of amides is 1. The summed E-state index contributed by atoms with van der Waals surface area (Å²) in [6.07, 6.45) is 0. The fourth-order valence-electron chi connectivity index (χ4n) is 1.23. The van der Waals surface area contributed by atoms with Crippen LogP contribution in [0.4, 0.5) is 0 Å². The van der Waals surface area contributed by atoms with Crippen LogP contribution >= 0.6 is 23.2 Å². The van der Waals surface area contributed by atoms with E-state index in [1.165, 1.54) is 7.11 Å². The van der Waals surface area contributed by atoms with Crippen molar-refractivity contribution in [1.29, 1.82) is 0 Å². The van der Waals surface area contributed by atoms with Crippen molar-refractivity contribution in [1.82, 2.24) is 4.90 Å². The number of rotatable bonds is 4. The van der Waals surface area contributed by atoms with E-state index in [0.717, 1.165) is 5.56 Å². The highest BCUT2D eigenvalue weighted by Crippen LogP contribution is 2.21. The molecule has 0 atom stereocenters. The zero-order valence-corrected chi connectivity index (χ0v) is 10.7. The van der Waals surface area contributed by atoms with Gasteiger partial charge in [-0.2, -0.15) is 0 Å². The number of likely N-dealkylation sites (N-methyl/N-ethyl adjacent to an activating group) is 1. The van der Waals surface area contributed by atoms with Crippen LogP contribution in [0, 0.1) is 0 Å². The number of nitrogens with zero attached hydrogens (tertiary/aromatic N) is 1. The standard InChI is InChI=1S/C11H13Cl2NO2/c1-14(11(15)7-16-2)6-8-3-4-9(12)5-10(8)13/h3-5H,6-7H2,1-2H3. The van der Waals surface area contributed by atoms with Crippen molar-refractivity contribution in [3.63, 3.8) is 0 Å². The minimum absolute atomic E-state index is 0.0711. The first-order chi connectivity index (χ1) is 7.54. The lowest BCUT2D eigenvalue weighted by Crippen LogP contribution is -2.29. The minimum Gasteiger partial charge on any atom is -0.375 e. The van der Waals surface area contributed by atoms with Gasteiger partial charge < -0.3 is 9.64 Å². The van der Waals surface area contributed by atoms with Gasteiger partial charge in [-0.25, -0.2) is 0 Å². The second kappa shape index (κ2) is 6.09. The minimum atomic E-state index is -0.0893. The predicted octanol–water partition coefficient (Wildman–Crippen LogP) is 2.60. The number of hydrogen-bond donors (Lipinski definition) is 0. The van der Waals surface area contributed by atoms with Gasteiger partial charge in [-0.1, -0.05) is 29.3 Å². The molecule has 1 amide bonds. The number of ether oxygens (including phenoxy) is 1. The highest BCUT2D eigenvalue weighted by molar-refractivity contribution is 6.35. The van der Waals surface area contributed by atoms with Gasteiger partial charge in [0.2, 0.25) is 5.91 Å². The summed E-state index contributed by atoms with van der Waals surface area (Å²) in [5.74, 6) is -0.0893. The van der Waals surface area contributed by atoms with Gasteiger partial charge in [-0.15, -0.1) is 0 Å². The van der Waals surface area contributed by atoms with E-state index < -0.39 is 0 Å². The molecule has 0 radical (unpaired) electrons. The molecule has 0 saturated heterocycles. The van der Waals surface area contributed by atoms with Crippen LogP contribution in [0.2, 0.25) is 10.0 Å². The average Bonchev–Trinajstić information content (AvgIpc) is 2.22. The van der Waals surface area contributed by atoms with Crippen LogP contribution in [-0.2, 0) is 16.1 Å². The number of halogens is 2. The molecular weight excluding hydrogens is 249 g/mol. The molecule has 16 heavy (non-hydrogen) atoms. The molecule has 1 aromatic rings. The number of carbonyl (C=O) groups excluding carboxylic acids is 1. The molecule has 0 unspecified atom stereocenters. The Morgan fingerprint density at radius 2 is 2.12 bits per heavy atom. The zero-order chi connectivity index (χ0) is 12.1. The Hall–Kier alpha value is -0.770. The molecular formula is C11H13Cl2NO2. The first-order valence-electron chi connectivity index (χ1n) is 4.71. The third kappa shape index (κ3) is 3.67. The Kier molecular flexibility index (Phi) is 5.06. The van der Waals surface area contributed by atoms with E-state index in [2.05, 4.69) is 0 Å². The first-order valence-corrected chi connectivity index (χ1v) is 5.47. The van der Waals surface area contributed by atoms with Crippen LogP contribution in [0.3, 0.4) is 0 Å². The van der Waals surface area contributed by atoms with E-state index in [0.29, 0.717) is 16.6 Å². The molecule has 0 N–H and O–H groups in total. The molecule has 5 heteroatoms. The second-order valence-corrected chi connectivity index (χ2v) is 4.26. The second-order valence-electron chi connectivity index (χ2n) is 3.42. The summed E-state index contributed by atoms with van der Waals surface area (Å²) in [6, 6.07) is 5.21. The fraction of sp³-hybridized carbons (Fsp3) is 0.364. The highest BCUT2D eigenvalue weighted by atomic mass is 35.5. The molecule has 0 spiro atoms. The third-order valence-corrected chi connectivity index (χ3v) is 2.70. The van der Waals surface area contributed by atoms with Gasteiger partial charge in [0.05, 0.1) is 0 Å².